The Morgan fingerprint density at radius 2 is 2.33 bits per heavy atom. The van der Waals surface area contributed by atoms with Gasteiger partial charge in [-0.1, -0.05) is 0 Å². The molecule has 0 amide bonds. The Labute approximate surface area is 72.0 Å². The van der Waals surface area contributed by atoms with Gasteiger partial charge in [-0.25, -0.2) is 4.98 Å². The van der Waals surface area contributed by atoms with Crippen LogP contribution in [0.4, 0.5) is 11.5 Å². The van der Waals surface area contributed by atoms with Crippen molar-refractivity contribution in [1.82, 2.24) is 4.98 Å². The average Bonchev–Trinajstić information content (AvgIpc) is 2.09. The van der Waals surface area contributed by atoms with E-state index < -0.39 is 0 Å². The van der Waals surface area contributed by atoms with Gasteiger partial charge in [0.2, 0.25) is 0 Å². The van der Waals surface area contributed by atoms with Gasteiger partial charge in [0, 0.05) is 12.6 Å². The Morgan fingerprint density at radius 3 is 2.83 bits per heavy atom. The van der Waals surface area contributed by atoms with Crippen molar-refractivity contribution in [2.24, 2.45) is 5.73 Å². The van der Waals surface area contributed by atoms with E-state index in [2.05, 4.69) is 10.3 Å². The number of aromatic nitrogens is 1. The SMILES string of the molecule is CC(CN)Nc1ccc(N)nc1. The summed E-state index contributed by atoms with van der Waals surface area (Å²) in [5.41, 5.74) is 11.8. The van der Waals surface area contributed by atoms with E-state index in [-0.39, 0.29) is 6.04 Å². The van der Waals surface area contributed by atoms with Gasteiger partial charge < -0.3 is 16.8 Å². The van der Waals surface area contributed by atoms with Crippen LogP contribution < -0.4 is 16.8 Å². The van der Waals surface area contributed by atoms with Crippen LogP contribution in [0.25, 0.3) is 0 Å². The van der Waals surface area contributed by atoms with Crippen molar-refractivity contribution >= 4 is 11.5 Å². The van der Waals surface area contributed by atoms with Gasteiger partial charge in [0.15, 0.2) is 0 Å². The first kappa shape index (κ1) is 8.80. The van der Waals surface area contributed by atoms with E-state index >= 15 is 0 Å². The number of nitrogen functional groups attached to an aromatic ring is 1. The van der Waals surface area contributed by atoms with Crippen molar-refractivity contribution in [3.05, 3.63) is 18.3 Å². The van der Waals surface area contributed by atoms with Crippen LogP contribution in [0.2, 0.25) is 0 Å². The van der Waals surface area contributed by atoms with Crippen LogP contribution >= 0.6 is 0 Å². The molecule has 0 radical (unpaired) electrons. The third-order valence-corrected chi connectivity index (χ3v) is 1.55. The Kier molecular flexibility index (Phi) is 2.88. The molecule has 66 valence electrons. The molecule has 0 bridgehead atoms. The maximum Gasteiger partial charge on any atom is 0.123 e. The van der Waals surface area contributed by atoms with Crippen molar-refractivity contribution in [2.45, 2.75) is 13.0 Å². The maximum absolute atomic E-state index is 5.44. The lowest BCUT2D eigenvalue weighted by Crippen LogP contribution is -2.25. The number of nitrogens with zero attached hydrogens (tertiary/aromatic N) is 1. The van der Waals surface area contributed by atoms with E-state index in [9.17, 15) is 0 Å². The van der Waals surface area contributed by atoms with Crippen LogP contribution in [0.5, 0.6) is 0 Å². The van der Waals surface area contributed by atoms with Crippen LogP contribution in [0.1, 0.15) is 6.92 Å². The van der Waals surface area contributed by atoms with Gasteiger partial charge in [0.25, 0.3) is 0 Å². The second-order valence-corrected chi connectivity index (χ2v) is 2.75. The Hall–Kier alpha value is -1.29. The van der Waals surface area contributed by atoms with Gasteiger partial charge in [-0.2, -0.15) is 0 Å². The minimum atomic E-state index is 0.260. The van der Waals surface area contributed by atoms with E-state index in [1.165, 1.54) is 0 Å². The van der Waals surface area contributed by atoms with Crippen molar-refractivity contribution in [3.63, 3.8) is 0 Å². The highest BCUT2D eigenvalue weighted by molar-refractivity contribution is 5.45. The summed E-state index contributed by atoms with van der Waals surface area (Å²) < 4.78 is 0. The van der Waals surface area contributed by atoms with Crippen LogP contribution in [0.15, 0.2) is 18.3 Å². The predicted octanol–water partition coefficient (Wildman–Crippen LogP) is 0.423. The van der Waals surface area contributed by atoms with Crippen LogP contribution in [-0.4, -0.2) is 17.6 Å². The first-order chi connectivity index (χ1) is 5.72. The molecule has 0 aliphatic carbocycles. The third-order valence-electron chi connectivity index (χ3n) is 1.55. The first-order valence-corrected chi connectivity index (χ1v) is 3.90. The van der Waals surface area contributed by atoms with Gasteiger partial charge in [-0.15, -0.1) is 0 Å². The summed E-state index contributed by atoms with van der Waals surface area (Å²) in [5, 5.41) is 3.18. The zero-order valence-corrected chi connectivity index (χ0v) is 7.12. The van der Waals surface area contributed by atoms with Crippen LogP contribution in [0, 0.1) is 0 Å². The summed E-state index contributed by atoms with van der Waals surface area (Å²) in [6.07, 6.45) is 1.70. The molecule has 4 nitrogen and oxygen atoms in total. The summed E-state index contributed by atoms with van der Waals surface area (Å²) in [7, 11) is 0. The predicted molar refractivity (Wildman–Crippen MR) is 50.8 cm³/mol. The Bertz CT molecular complexity index is 231. The molecule has 1 rings (SSSR count). The molecule has 0 aliphatic heterocycles. The largest absolute Gasteiger partial charge is 0.384 e. The molecule has 0 saturated carbocycles. The zero-order chi connectivity index (χ0) is 8.97. The molecule has 1 aromatic rings. The Balaban J connectivity index is 2.58. The van der Waals surface area contributed by atoms with Crippen molar-refractivity contribution in [2.75, 3.05) is 17.6 Å². The third kappa shape index (κ3) is 2.39. The van der Waals surface area contributed by atoms with Crippen molar-refractivity contribution in [1.29, 1.82) is 0 Å². The normalized spacial score (nSPS) is 12.5. The van der Waals surface area contributed by atoms with Gasteiger partial charge in [-0.05, 0) is 19.1 Å². The van der Waals surface area contributed by atoms with Crippen molar-refractivity contribution in [3.8, 4) is 0 Å². The number of nitrogens with two attached hydrogens (primary N) is 2. The highest BCUT2D eigenvalue weighted by Crippen LogP contribution is 2.07. The summed E-state index contributed by atoms with van der Waals surface area (Å²) in [4.78, 5) is 3.94. The van der Waals surface area contributed by atoms with Gasteiger partial charge in [0.1, 0.15) is 5.82 Å². The fourth-order valence-electron chi connectivity index (χ4n) is 0.834. The van der Waals surface area contributed by atoms with Crippen LogP contribution in [-0.2, 0) is 0 Å². The summed E-state index contributed by atoms with van der Waals surface area (Å²) >= 11 is 0. The molecule has 0 fully saturated rings. The van der Waals surface area contributed by atoms with E-state index in [4.69, 9.17) is 11.5 Å². The van der Waals surface area contributed by atoms with Gasteiger partial charge >= 0.3 is 0 Å². The minimum Gasteiger partial charge on any atom is -0.384 e. The number of hydrogen-bond donors (Lipinski definition) is 3. The quantitative estimate of drug-likeness (QED) is 0.608. The van der Waals surface area contributed by atoms with E-state index in [0.717, 1.165) is 5.69 Å². The number of anilines is 2. The summed E-state index contributed by atoms with van der Waals surface area (Å²) in [5.74, 6) is 0.529. The first-order valence-electron chi connectivity index (χ1n) is 3.90. The van der Waals surface area contributed by atoms with E-state index in [1.807, 2.05) is 13.0 Å². The molecule has 1 atom stereocenters. The molecular weight excluding hydrogens is 152 g/mol. The topological polar surface area (TPSA) is 77.0 Å². The standard InChI is InChI=1S/C8H14N4/c1-6(4-9)12-7-2-3-8(10)11-5-7/h2-3,5-6,12H,4,9H2,1H3,(H2,10,11). The molecule has 1 unspecified atom stereocenters. The number of hydrogen-bond acceptors (Lipinski definition) is 4. The fraction of sp³-hybridized carbons (Fsp3) is 0.375. The molecule has 5 N–H and O–H groups in total. The van der Waals surface area contributed by atoms with Gasteiger partial charge in [0.05, 0.1) is 11.9 Å². The Morgan fingerprint density at radius 1 is 1.58 bits per heavy atom. The number of pyridine rings is 1. The lowest BCUT2D eigenvalue weighted by molar-refractivity contribution is 0.803. The molecule has 1 heterocycles. The minimum absolute atomic E-state index is 0.260. The molecule has 1 aromatic heterocycles. The molecule has 12 heavy (non-hydrogen) atoms. The highest BCUT2D eigenvalue weighted by Gasteiger charge is 1.97. The number of rotatable bonds is 3. The lowest BCUT2D eigenvalue weighted by atomic mass is 10.3. The van der Waals surface area contributed by atoms with E-state index in [1.54, 1.807) is 12.3 Å². The summed E-state index contributed by atoms with van der Waals surface area (Å²) in [6, 6.07) is 3.90. The van der Waals surface area contributed by atoms with Gasteiger partial charge in [-0.3, -0.25) is 0 Å². The fourth-order valence-corrected chi connectivity index (χ4v) is 0.834. The van der Waals surface area contributed by atoms with E-state index in [0.29, 0.717) is 12.4 Å². The second-order valence-electron chi connectivity index (χ2n) is 2.75. The number of nitrogens with one attached hydrogen (secondary N) is 1. The average molecular weight is 166 g/mol. The molecule has 0 aliphatic rings. The highest BCUT2D eigenvalue weighted by atomic mass is 14.9. The second kappa shape index (κ2) is 3.92. The van der Waals surface area contributed by atoms with Crippen LogP contribution in [0.3, 0.4) is 0 Å². The zero-order valence-electron chi connectivity index (χ0n) is 7.12. The lowest BCUT2D eigenvalue weighted by Gasteiger charge is -2.11. The molecule has 0 saturated heterocycles. The van der Waals surface area contributed by atoms with Crippen molar-refractivity contribution < 1.29 is 0 Å². The molecular formula is C8H14N4. The molecule has 0 aromatic carbocycles. The molecule has 4 heteroatoms. The maximum atomic E-state index is 5.44. The smallest absolute Gasteiger partial charge is 0.123 e. The molecule has 0 spiro atoms. The summed E-state index contributed by atoms with van der Waals surface area (Å²) in [6.45, 7) is 2.61. The monoisotopic (exact) mass is 166 g/mol.